The second kappa shape index (κ2) is 6.32. The predicted octanol–water partition coefficient (Wildman–Crippen LogP) is 1.83. The molecule has 0 aromatic carbocycles. The van der Waals surface area contributed by atoms with Crippen molar-refractivity contribution in [3.8, 4) is 0 Å². The normalized spacial score (nSPS) is 31.1. The van der Waals surface area contributed by atoms with Crippen molar-refractivity contribution in [1.82, 2.24) is 0 Å². The second-order valence-corrected chi connectivity index (χ2v) is 5.24. The van der Waals surface area contributed by atoms with Gasteiger partial charge in [0.15, 0.2) is 0 Å². The topological polar surface area (TPSA) is 60.4 Å². The molecule has 0 aromatic heterocycles. The summed E-state index contributed by atoms with van der Waals surface area (Å²) in [6, 6.07) is 0. The van der Waals surface area contributed by atoms with E-state index in [0.717, 1.165) is 0 Å². The van der Waals surface area contributed by atoms with Gasteiger partial charge in [-0.25, -0.2) is 0 Å². The first-order chi connectivity index (χ1) is 8.43. The van der Waals surface area contributed by atoms with Gasteiger partial charge in [-0.15, -0.1) is 11.6 Å². The summed E-state index contributed by atoms with van der Waals surface area (Å²) < 4.78 is 4.77. The summed E-state index contributed by atoms with van der Waals surface area (Å²) in [5, 5.41) is 0. The minimum atomic E-state index is -0.528. The molecule has 5 heteroatoms. The van der Waals surface area contributed by atoms with Crippen LogP contribution in [0.5, 0.6) is 0 Å². The molecule has 0 radical (unpaired) electrons. The van der Waals surface area contributed by atoms with E-state index in [9.17, 15) is 14.4 Å². The Hall–Kier alpha value is -0.900. The molecule has 0 spiro atoms. The van der Waals surface area contributed by atoms with E-state index in [1.165, 1.54) is 21.0 Å². The van der Waals surface area contributed by atoms with Crippen LogP contribution in [0, 0.1) is 23.7 Å². The molecule has 0 aromatic rings. The first kappa shape index (κ1) is 15.2. The molecule has 0 amide bonds. The van der Waals surface area contributed by atoms with Gasteiger partial charge in [0.05, 0.1) is 13.0 Å². The molecular weight excluding hydrogens is 256 g/mol. The van der Waals surface area contributed by atoms with Crippen LogP contribution in [0.3, 0.4) is 0 Å². The van der Waals surface area contributed by atoms with Gasteiger partial charge in [0.2, 0.25) is 0 Å². The van der Waals surface area contributed by atoms with Crippen LogP contribution in [-0.2, 0) is 19.1 Å². The third-order valence-corrected chi connectivity index (χ3v) is 4.10. The summed E-state index contributed by atoms with van der Waals surface area (Å²) >= 11 is 5.74. The van der Waals surface area contributed by atoms with Gasteiger partial charge in [0.25, 0.3) is 0 Å². The lowest BCUT2D eigenvalue weighted by Crippen LogP contribution is -2.31. The smallest absolute Gasteiger partial charge is 0.309 e. The number of carbonyl (C=O) groups is 3. The molecule has 0 heterocycles. The summed E-state index contributed by atoms with van der Waals surface area (Å²) in [6.45, 7) is 2.96. The third kappa shape index (κ3) is 2.91. The maximum Gasteiger partial charge on any atom is 0.309 e. The van der Waals surface area contributed by atoms with Crippen molar-refractivity contribution in [2.75, 3.05) is 13.0 Å². The van der Waals surface area contributed by atoms with Crippen LogP contribution in [0.15, 0.2) is 0 Å². The number of alkyl halides is 1. The first-order valence-corrected chi connectivity index (χ1v) is 6.62. The summed E-state index contributed by atoms with van der Waals surface area (Å²) in [7, 11) is 1.30. The van der Waals surface area contributed by atoms with Crippen LogP contribution in [0.25, 0.3) is 0 Å². The van der Waals surface area contributed by atoms with Crippen molar-refractivity contribution in [3.05, 3.63) is 0 Å². The number of methoxy groups -OCH3 is 1. The van der Waals surface area contributed by atoms with Gasteiger partial charge in [-0.05, 0) is 32.6 Å². The Kier molecular flexibility index (Phi) is 5.32. The highest BCUT2D eigenvalue weighted by Crippen LogP contribution is 2.45. The number of ether oxygens (including phenoxy) is 1. The van der Waals surface area contributed by atoms with E-state index >= 15 is 0 Å². The van der Waals surface area contributed by atoms with E-state index in [-0.39, 0.29) is 23.4 Å². The van der Waals surface area contributed by atoms with Crippen LogP contribution >= 0.6 is 11.6 Å². The number of carbonyl (C=O) groups excluding carboxylic acids is 3. The van der Waals surface area contributed by atoms with E-state index in [0.29, 0.717) is 18.7 Å². The molecule has 0 saturated heterocycles. The zero-order valence-corrected chi connectivity index (χ0v) is 11.7. The highest BCUT2D eigenvalue weighted by molar-refractivity contribution is 6.17. The highest BCUT2D eigenvalue weighted by atomic mass is 35.5. The molecule has 4 nitrogen and oxygen atoms in total. The summed E-state index contributed by atoms with van der Waals surface area (Å²) in [5.74, 6) is -1.47. The maximum absolute atomic E-state index is 11.9. The van der Waals surface area contributed by atoms with Crippen LogP contribution in [0.1, 0.15) is 26.7 Å². The van der Waals surface area contributed by atoms with Crippen LogP contribution in [-0.4, -0.2) is 30.5 Å². The van der Waals surface area contributed by atoms with Crippen molar-refractivity contribution >= 4 is 29.1 Å². The van der Waals surface area contributed by atoms with Crippen LogP contribution in [0.2, 0.25) is 0 Å². The predicted molar refractivity (Wildman–Crippen MR) is 67.3 cm³/mol. The Morgan fingerprint density at radius 2 is 1.72 bits per heavy atom. The lowest BCUT2D eigenvalue weighted by atomic mass is 9.83. The average molecular weight is 275 g/mol. The van der Waals surface area contributed by atoms with E-state index in [4.69, 9.17) is 16.3 Å². The zero-order chi connectivity index (χ0) is 13.9. The average Bonchev–Trinajstić information content (AvgIpc) is 2.68. The van der Waals surface area contributed by atoms with Crippen LogP contribution in [0.4, 0.5) is 0 Å². The first-order valence-electron chi connectivity index (χ1n) is 6.08. The summed E-state index contributed by atoms with van der Waals surface area (Å²) in [5.41, 5.74) is 0. The fourth-order valence-electron chi connectivity index (χ4n) is 3.01. The van der Waals surface area contributed by atoms with Crippen molar-refractivity contribution in [1.29, 1.82) is 0 Å². The Morgan fingerprint density at radius 3 is 2.11 bits per heavy atom. The van der Waals surface area contributed by atoms with Crippen molar-refractivity contribution in [3.63, 3.8) is 0 Å². The molecule has 1 aliphatic rings. The monoisotopic (exact) mass is 274 g/mol. The molecule has 102 valence electrons. The minimum absolute atomic E-state index is 0.0165. The molecule has 4 unspecified atom stereocenters. The minimum Gasteiger partial charge on any atom is -0.469 e. The number of esters is 1. The second-order valence-electron chi connectivity index (χ2n) is 4.86. The van der Waals surface area contributed by atoms with Gasteiger partial charge >= 0.3 is 5.97 Å². The molecule has 1 saturated carbocycles. The number of ketones is 2. The van der Waals surface area contributed by atoms with Gasteiger partial charge in [-0.3, -0.25) is 14.4 Å². The third-order valence-electron chi connectivity index (χ3n) is 3.88. The fraction of sp³-hybridized carbons (Fsp3) is 0.769. The lowest BCUT2D eigenvalue weighted by molar-refractivity contribution is -0.150. The van der Waals surface area contributed by atoms with Gasteiger partial charge in [-0.1, -0.05) is 0 Å². The molecule has 0 aliphatic heterocycles. The molecule has 4 atom stereocenters. The van der Waals surface area contributed by atoms with Crippen molar-refractivity contribution in [2.24, 2.45) is 23.7 Å². The van der Waals surface area contributed by atoms with E-state index < -0.39 is 17.8 Å². The summed E-state index contributed by atoms with van der Waals surface area (Å²) in [4.78, 5) is 35.1. The molecule has 1 aliphatic carbocycles. The van der Waals surface area contributed by atoms with Crippen molar-refractivity contribution in [2.45, 2.75) is 26.7 Å². The molecule has 0 N–H and O–H groups in total. The standard InChI is InChI=1S/C13H19ClO4/c1-7(15)10-6-11(8(2)16)12(13(17)18-3)9(10)4-5-14/h9-12H,4-6H2,1-3H3. The molecule has 18 heavy (non-hydrogen) atoms. The number of hydrogen-bond acceptors (Lipinski definition) is 4. The fourth-order valence-corrected chi connectivity index (χ4v) is 3.26. The summed E-state index contributed by atoms with van der Waals surface area (Å²) in [6.07, 6.45) is 0.987. The lowest BCUT2D eigenvalue weighted by Gasteiger charge is -2.22. The van der Waals surface area contributed by atoms with Crippen molar-refractivity contribution < 1.29 is 19.1 Å². The van der Waals surface area contributed by atoms with Gasteiger partial charge in [0, 0.05) is 17.7 Å². The Balaban J connectivity index is 3.06. The molecule has 0 bridgehead atoms. The zero-order valence-electron chi connectivity index (χ0n) is 10.9. The van der Waals surface area contributed by atoms with Gasteiger partial charge in [0.1, 0.15) is 11.6 Å². The maximum atomic E-state index is 11.9. The van der Waals surface area contributed by atoms with Gasteiger partial charge < -0.3 is 4.74 Å². The Bertz CT molecular complexity index is 353. The number of hydrogen-bond donors (Lipinski definition) is 0. The SMILES string of the molecule is COC(=O)C1C(C(C)=O)CC(C(C)=O)C1CCCl. The van der Waals surface area contributed by atoms with E-state index in [1.54, 1.807) is 0 Å². The van der Waals surface area contributed by atoms with E-state index in [2.05, 4.69) is 0 Å². The number of Topliss-reactive ketones (excluding diaryl/α,β-unsaturated/α-hetero) is 2. The van der Waals surface area contributed by atoms with Crippen LogP contribution < -0.4 is 0 Å². The molecule has 1 fully saturated rings. The quantitative estimate of drug-likeness (QED) is 0.567. The van der Waals surface area contributed by atoms with Gasteiger partial charge in [-0.2, -0.15) is 0 Å². The Morgan fingerprint density at radius 1 is 1.17 bits per heavy atom. The number of rotatable bonds is 5. The molecule has 1 rings (SSSR count). The highest BCUT2D eigenvalue weighted by Gasteiger charge is 2.50. The number of halogens is 1. The largest absolute Gasteiger partial charge is 0.469 e. The van der Waals surface area contributed by atoms with E-state index in [1.807, 2.05) is 0 Å². The molecular formula is C13H19ClO4. The Labute approximate surface area is 112 Å².